The highest BCUT2D eigenvalue weighted by atomic mass is 35.5. The first-order valence-corrected chi connectivity index (χ1v) is 9.98. The highest BCUT2D eigenvalue weighted by Crippen LogP contribution is 2.23. The fourth-order valence-corrected chi connectivity index (χ4v) is 3.70. The van der Waals surface area contributed by atoms with Crippen LogP contribution in [0.2, 0.25) is 5.02 Å². The molecule has 8 heteroatoms. The molecule has 0 unspecified atom stereocenters. The van der Waals surface area contributed by atoms with E-state index in [0.29, 0.717) is 5.56 Å². The van der Waals surface area contributed by atoms with Crippen molar-refractivity contribution in [1.82, 2.24) is 4.72 Å². The molecule has 2 aromatic rings. The Balaban J connectivity index is 2.25. The van der Waals surface area contributed by atoms with Gasteiger partial charge in [-0.15, -0.1) is 0 Å². The fourth-order valence-electron chi connectivity index (χ4n) is 2.45. The van der Waals surface area contributed by atoms with Crippen molar-refractivity contribution in [3.8, 4) is 0 Å². The van der Waals surface area contributed by atoms with Gasteiger partial charge in [0.2, 0.25) is 15.8 Å². The number of hydrogen-bond acceptors (Lipinski definition) is 5. The van der Waals surface area contributed by atoms with Crippen LogP contribution in [0.25, 0.3) is 0 Å². The molecule has 2 rings (SSSR count). The van der Waals surface area contributed by atoms with Crippen molar-refractivity contribution in [2.24, 2.45) is 0 Å². The average molecular weight is 410 g/mol. The van der Waals surface area contributed by atoms with E-state index in [4.69, 9.17) is 16.3 Å². The summed E-state index contributed by atoms with van der Waals surface area (Å²) in [6.45, 7) is 5.14. The van der Waals surface area contributed by atoms with Gasteiger partial charge < -0.3 is 4.74 Å². The fraction of sp³-hybridized carbons (Fsp3) is 0.263. The Morgan fingerprint density at radius 2 is 1.78 bits per heavy atom. The Morgan fingerprint density at radius 3 is 2.41 bits per heavy atom. The van der Waals surface area contributed by atoms with Gasteiger partial charge in [0.1, 0.15) is 4.90 Å². The number of esters is 1. The van der Waals surface area contributed by atoms with Crippen molar-refractivity contribution in [3.05, 3.63) is 63.7 Å². The maximum absolute atomic E-state index is 12.6. The van der Waals surface area contributed by atoms with Gasteiger partial charge in [0.05, 0.1) is 10.6 Å². The second kappa shape index (κ2) is 8.21. The molecule has 0 aliphatic rings. The summed E-state index contributed by atoms with van der Waals surface area (Å²) in [5.74, 6) is -1.15. The molecule has 27 heavy (non-hydrogen) atoms. The Kier molecular flexibility index (Phi) is 6.41. The van der Waals surface area contributed by atoms with Gasteiger partial charge in [-0.05, 0) is 57.6 Å². The van der Waals surface area contributed by atoms with Crippen LogP contribution in [-0.2, 0) is 14.8 Å². The average Bonchev–Trinajstić information content (AvgIpc) is 2.63. The van der Waals surface area contributed by atoms with E-state index in [1.807, 2.05) is 19.1 Å². The lowest BCUT2D eigenvalue weighted by atomic mass is 9.99. The number of aryl methyl sites for hydroxylation is 2. The van der Waals surface area contributed by atoms with Crippen LogP contribution in [-0.4, -0.2) is 33.3 Å². The Labute approximate surface area is 163 Å². The van der Waals surface area contributed by atoms with Crippen LogP contribution in [0.15, 0.2) is 41.3 Å². The topological polar surface area (TPSA) is 89.5 Å². The number of hydrogen-bond donors (Lipinski definition) is 1. The lowest BCUT2D eigenvalue weighted by Crippen LogP contribution is -2.25. The van der Waals surface area contributed by atoms with Gasteiger partial charge in [-0.1, -0.05) is 29.3 Å². The Bertz CT molecular complexity index is 1000. The summed E-state index contributed by atoms with van der Waals surface area (Å²) in [6, 6.07) is 9.20. The number of carbonyl (C=O) groups is 2. The van der Waals surface area contributed by atoms with Gasteiger partial charge in [0, 0.05) is 5.56 Å². The molecule has 0 saturated heterocycles. The number of halogens is 1. The highest BCUT2D eigenvalue weighted by molar-refractivity contribution is 7.89. The molecule has 144 valence electrons. The van der Waals surface area contributed by atoms with Crippen LogP contribution in [0.3, 0.4) is 0 Å². The minimum absolute atomic E-state index is 0.0196. The number of ketones is 1. The maximum atomic E-state index is 12.6. The summed E-state index contributed by atoms with van der Waals surface area (Å²) in [6.07, 6.45) is -1.03. The predicted molar refractivity (Wildman–Crippen MR) is 103 cm³/mol. The molecular weight excluding hydrogens is 390 g/mol. The SMILES string of the molecule is CNS(=O)(=O)c1cc(C(=O)O[C@@H](C)C(=O)c2cc(C)ccc2C)ccc1Cl. The van der Waals surface area contributed by atoms with Gasteiger partial charge in [0.25, 0.3) is 0 Å². The molecule has 0 aliphatic carbocycles. The lowest BCUT2D eigenvalue weighted by molar-refractivity contribution is 0.0318. The van der Waals surface area contributed by atoms with E-state index in [1.165, 1.54) is 26.1 Å². The first-order chi connectivity index (χ1) is 12.6. The van der Waals surface area contributed by atoms with E-state index < -0.39 is 22.1 Å². The number of benzene rings is 2. The molecule has 1 atom stereocenters. The quantitative estimate of drug-likeness (QED) is 0.584. The minimum atomic E-state index is -3.84. The third-order valence-electron chi connectivity index (χ3n) is 4.04. The first kappa shape index (κ1) is 21.1. The van der Waals surface area contributed by atoms with Gasteiger partial charge in [-0.3, -0.25) is 4.79 Å². The summed E-state index contributed by atoms with van der Waals surface area (Å²) in [4.78, 5) is 24.8. The second-order valence-electron chi connectivity index (χ2n) is 6.08. The van der Waals surface area contributed by atoms with Gasteiger partial charge in [0.15, 0.2) is 6.10 Å². The third-order valence-corrected chi connectivity index (χ3v) is 5.93. The molecule has 0 fully saturated rings. The Morgan fingerprint density at radius 1 is 1.11 bits per heavy atom. The van der Waals surface area contributed by atoms with Crippen molar-refractivity contribution >= 4 is 33.4 Å². The minimum Gasteiger partial charge on any atom is -0.451 e. The standard InChI is InChI=1S/C19H20ClNO5S/c1-11-5-6-12(2)15(9-11)18(22)13(3)26-19(23)14-7-8-16(20)17(10-14)27(24,25)21-4/h5-10,13,21H,1-4H3/t13-/m0/s1. The van der Waals surface area contributed by atoms with Crippen LogP contribution in [0.1, 0.15) is 38.8 Å². The van der Waals surface area contributed by atoms with Crippen LogP contribution >= 0.6 is 11.6 Å². The van der Waals surface area contributed by atoms with E-state index >= 15 is 0 Å². The molecule has 0 bridgehead atoms. The van der Waals surface area contributed by atoms with E-state index in [0.717, 1.165) is 17.2 Å². The van der Waals surface area contributed by atoms with Crippen molar-refractivity contribution in [1.29, 1.82) is 0 Å². The zero-order chi connectivity index (χ0) is 20.4. The van der Waals surface area contributed by atoms with Gasteiger partial charge >= 0.3 is 5.97 Å². The summed E-state index contributed by atoms with van der Waals surface area (Å²) in [5.41, 5.74) is 2.16. The normalized spacial score (nSPS) is 12.5. The Hall–Kier alpha value is -2.22. The van der Waals surface area contributed by atoms with Crippen molar-refractivity contribution in [3.63, 3.8) is 0 Å². The highest BCUT2D eigenvalue weighted by Gasteiger charge is 2.24. The number of sulfonamides is 1. The van der Waals surface area contributed by atoms with Crippen LogP contribution < -0.4 is 4.72 Å². The first-order valence-electron chi connectivity index (χ1n) is 8.12. The molecule has 1 N–H and O–H groups in total. The molecule has 2 aromatic carbocycles. The molecule has 0 heterocycles. The van der Waals surface area contributed by atoms with E-state index in [-0.39, 0.29) is 21.3 Å². The summed E-state index contributed by atoms with van der Waals surface area (Å²) in [5, 5.41) is -0.0274. The van der Waals surface area contributed by atoms with Gasteiger partial charge in [-0.2, -0.15) is 0 Å². The molecular formula is C19H20ClNO5S. The second-order valence-corrected chi connectivity index (χ2v) is 8.35. The third kappa shape index (κ3) is 4.74. The largest absolute Gasteiger partial charge is 0.451 e. The zero-order valence-electron chi connectivity index (χ0n) is 15.4. The zero-order valence-corrected chi connectivity index (χ0v) is 16.9. The molecule has 0 aromatic heterocycles. The van der Waals surface area contributed by atoms with Crippen LogP contribution in [0.4, 0.5) is 0 Å². The van der Waals surface area contributed by atoms with Crippen molar-refractivity contribution in [2.75, 3.05) is 7.05 Å². The predicted octanol–water partition coefficient (Wildman–Crippen LogP) is 3.29. The number of Topliss-reactive ketones (excluding diaryl/α,β-unsaturated/α-hetero) is 1. The number of carbonyl (C=O) groups excluding carboxylic acids is 2. The van der Waals surface area contributed by atoms with E-state index in [1.54, 1.807) is 13.0 Å². The van der Waals surface area contributed by atoms with Gasteiger partial charge in [-0.25, -0.2) is 17.9 Å². The molecule has 0 spiro atoms. The van der Waals surface area contributed by atoms with Crippen LogP contribution in [0.5, 0.6) is 0 Å². The maximum Gasteiger partial charge on any atom is 0.338 e. The number of ether oxygens (including phenoxy) is 1. The summed E-state index contributed by atoms with van der Waals surface area (Å²) in [7, 11) is -2.60. The van der Waals surface area contributed by atoms with Crippen molar-refractivity contribution < 1.29 is 22.7 Å². The molecule has 0 radical (unpaired) electrons. The molecule has 0 amide bonds. The van der Waals surface area contributed by atoms with Crippen LogP contribution in [0, 0.1) is 13.8 Å². The van der Waals surface area contributed by atoms with E-state index in [9.17, 15) is 18.0 Å². The lowest BCUT2D eigenvalue weighted by Gasteiger charge is -2.15. The van der Waals surface area contributed by atoms with E-state index in [2.05, 4.69) is 4.72 Å². The number of nitrogens with one attached hydrogen (secondary N) is 1. The monoisotopic (exact) mass is 409 g/mol. The molecule has 0 saturated carbocycles. The summed E-state index contributed by atoms with van der Waals surface area (Å²) >= 11 is 5.91. The molecule has 6 nitrogen and oxygen atoms in total. The smallest absolute Gasteiger partial charge is 0.338 e. The summed E-state index contributed by atoms with van der Waals surface area (Å²) < 4.78 is 31.3. The number of rotatable bonds is 6. The molecule has 0 aliphatic heterocycles. The van der Waals surface area contributed by atoms with Crippen molar-refractivity contribution in [2.45, 2.75) is 31.8 Å².